The number of aromatic nitrogens is 1. The Hall–Kier alpha value is -1.00. The van der Waals surface area contributed by atoms with E-state index in [0.717, 1.165) is 12.8 Å². The molecule has 1 aromatic heterocycles. The average Bonchev–Trinajstić information content (AvgIpc) is 2.28. The highest BCUT2D eigenvalue weighted by atomic mass is 19.1. The van der Waals surface area contributed by atoms with Gasteiger partial charge in [0.2, 0.25) is 0 Å². The predicted octanol–water partition coefficient (Wildman–Crippen LogP) is 2.43. The molecule has 0 aromatic carbocycles. The van der Waals surface area contributed by atoms with E-state index in [1.807, 2.05) is 6.92 Å². The number of nitrogens with zero attached hydrogens (tertiary/aromatic N) is 1. The van der Waals surface area contributed by atoms with Crippen LogP contribution in [0.2, 0.25) is 0 Å². The van der Waals surface area contributed by atoms with Gasteiger partial charge in [0.15, 0.2) is 0 Å². The molecule has 0 spiro atoms. The van der Waals surface area contributed by atoms with Crippen molar-refractivity contribution >= 4 is 0 Å². The van der Waals surface area contributed by atoms with Crippen LogP contribution in [0.1, 0.15) is 38.3 Å². The van der Waals surface area contributed by atoms with Crippen LogP contribution >= 0.6 is 0 Å². The molecule has 90 valence electrons. The lowest BCUT2D eigenvalue weighted by Crippen LogP contribution is -2.29. The lowest BCUT2D eigenvalue weighted by Gasteiger charge is -2.23. The summed E-state index contributed by atoms with van der Waals surface area (Å²) in [5.41, 5.74) is 6.49. The van der Waals surface area contributed by atoms with Gasteiger partial charge in [0.1, 0.15) is 5.82 Å². The van der Waals surface area contributed by atoms with Crippen LogP contribution < -0.4 is 5.73 Å². The normalized spacial score (nSPS) is 14.8. The van der Waals surface area contributed by atoms with Crippen LogP contribution in [0.4, 0.5) is 4.39 Å². The molecule has 1 aromatic rings. The van der Waals surface area contributed by atoms with Gasteiger partial charge in [-0.1, -0.05) is 13.3 Å². The Labute approximate surface area is 95.8 Å². The lowest BCUT2D eigenvalue weighted by atomic mass is 9.99. The molecule has 2 N–H and O–H groups in total. The van der Waals surface area contributed by atoms with E-state index in [1.54, 1.807) is 12.3 Å². The molecule has 2 atom stereocenters. The number of hydrogen-bond donors (Lipinski definition) is 1. The van der Waals surface area contributed by atoms with E-state index in [9.17, 15) is 4.39 Å². The van der Waals surface area contributed by atoms with Crippen molar-refractivity contribution in [1.82, 2.24) is 4.98 Å². The zero-order valence-corrected chi connectivity index (χ0v) is 9.82. The number of rotatable bonds is 6. The SMILES string of the molecule is CCCC(OCC)C(N)c1ccncc1F. The van der Waals surface area contributed by atoms with Gasteiger partial charge in [0.25, 0.3) is 0 Å². The first kappa shape index (κ1) is 13.1. The number of ether oxygens (including phenoxy) is 1. The Bertz CT molecular complexity index is 314. The van der Waals surface area contributed by atoms with Crippen molar-refractivity contribution in [1.29, 1.82) is 0 Å². The fraction of sp³-hybridized carbons (Fsp3) is 0.583. The van der Waals surface area contributed by atoms with Crippen molar-refractivity contribution in [2.75, 3.05) is 6.61 Å². The first-order chi connectivity index (χ1) is 7.70. The highest BCUT2D eigenvalue weighted by Crippen LogP contribution is 2.22. The van der Waals surface area contributed by atoms with Crippen LogP contribution in [0.5, 0.6) is 0 Å². The van der Waals surface area contributed by atoms with Crippen molar-refractivity contribution in [2.24, 2.45) is 5.73 Å². The van der Waals surface area contributed by atoms with E-state index in [2.05, 4.69) is 11.9 Å². The Morgan fingerprint density at radius 1 is 1.50 bits per heavy atom. The summed E-state index contributed by atoms with van der Waals surface area (Å²) in [7, 11) is 0. The second-order valence-electron chi connectivity index (χ2n) is 3.71. The minimum absolute atomic E-state index is 0.132. The third-order valence-corrected chi connectivity index (χ3v) is 2.52. The van der Waals surface area contributed by atoms with E-state index in [4.69, 9.17) is 10.5 Å². The van der Waals surface area contributed by atoms with Crippen LogP contribution in [-0.4, -0.2) is 17.7 Å². The monoisotopic (exact) mass is 226 g/mol. The van der Waals surface area contributed by atoms with Gasteiger partial charge in [-0.3, -0.25) is 4.98 Å². The largest absolute Gasteiger partial charge is 0.377 e. The number of hydrogen-bond acceptors (Lipinski definition) is 3. The molecule has 0 aliphatic heterocycles. The third kappa shape index (κ3) is 3.25. The molecule has 1 heterocycles. The minimum atomic E-state index is -0.428. The Kier molecular flexibility index (Phi) is 5.35. The summed E-state index contributed by atoms with van der Waals surface area (Å²) < 4.78 is 19.0. The Balaban J connectivity index is 2.81. The van der Waals surface area contributed by atoms with Gasteiger partial charge in [0, 0.05) is 18.4 Å². The molecule has 1 rings (SSSR count). The average molecular weight is 226 g/mol. The summed E-state index contributed by atoms with van der Waals surface area (Å²) in [6.07, 6.45) is 4.39. The maximum absolute atomic E-state index is 13.5. The van der Waals surface area contributed by atoms with Gasteiger partial charge in [-0.25, -0.2) is 4.39 Å². The number of nitrogens with two attached hydrogens (primary N) is 1. The molecule has 16 heavy (non-hydrogen) atoms. The molecular formula is C12H19FN2O. The van der Waals surface area contributed by atoms with Gasteiger partial charge >= 0.3 is 0 Å². The van der Waals surface area contributed by atoms with Crippen molar-refractivity contribution in [2.45, 2.75) is 38.8 Å². The highest BCUT2D eigenvalue weighted by molar-refractivity contribution is 5.18. The zero-order valence-electron chi connectivity index (χ0n) is 9.82. The topological polar surface area (TPSA) is 48.1 Å². The molecule has 0 saturated heterocycles. The first-order valence-corrected chi connectivity index (χ1v) is 5.67. The molecule has 0 radical (unpaired) electrons. The van der Waals surface area contributed by atoms with Crippen LogP contribution in [0.3, 0.4) is 0 Å². The van der Waals surface area contributed by atoms with Crippen LogP contribution in [0, 0.1) is 5.82 Å². The van der Waals surface area contributed by atoms with E-state index in [0.29, 0.717) is 12.2 Å². The van der Waals surface area contributed by atoms with Gasteiger partial charge in [0.05, 0.1) is 18.3 Å². The van der Waals surface area contributed by atoms with Crippen molar-refractivity contribution in [3.05, 3.63) is 29.8 Å². The smallest absolute Gasteiger partial charge is 0.146 e. The summed E-state index contributed by atoms with van der Waals surface area (Å²) in [6, 6.07) is 1.18. The quantitative estimate of drug-likeness (QED) is 0.810. The van der Waals surface area contributed by atoms with Gasteiger partial charge in [-0.15, -0.1) is 0 Å². The van der Waals surface area contributed by atoms with Gasteiger partial charge < -0.3 is 10.5 Å². The van der Waals surface area contributed by atoms with Crippen molar-refractivity contribution in [3.8, 4) is 0 Å². The number of halogens is 1. The lowest BCUT2D eigenvalue weighted by molar-refractivity contribution is 0.0366. The molecule has 0 aliphatic rings. The minimum Gasteiger partial charge on any atom is -0.377 e. The summed E-state index contributed by atoms with van der Waals surface area (Å²) in [6.45, 7) is 4.56. The van der Waals surface area contributed by atoms with Crippen LogP contribution in [0.25, 0.3) is 0 Å². The molecule has 2 unspecified atom stereocenters. The van der Waals surface area contributed by atoms with Crippen molar-refractivity contribution in [3.63, 3.8) is 0 Å². The summed E-state index contributed by atoms with van der Waals surface area (Å²) in [5, 5.41) is 0. The third-order valence-electron chi connectivity index (χ3n) is 2.52. The maximum atomic E-state index is 13.5. The molecule has 0 bridgehead atoms. The van der Waals surface area contributed by atoms with E-state index in [1.165, 1.54) is 6.20 Å². The second kappa shape index (κ2) is 6.55. The predicted molar refractivity (Wildman–Crippen MR) is 61.4 cm³/mol. The van der Waals surface area contributed by atoms with E-state index < -0.39 is 6.04 Å². The fourth-order valence-corrected chi connectivity index (χ4v) is 1.72. The molecule has 0 saturated carbocycles. The molecule has 4 heteroatoms. The standard InChI is InChI=1S/C12H19FN2O/c1-3-5-11(16-4-2)12(14)9-6-7-15-8-10(9)13/h6-8,11-12H,3-5,14H2,1-2H3. The molecule has 0 fully saturated rings. The highest BCUT2D eigenvalue weighted by Gasteiger charge is 2.21. The molecule has 3 nitrogen and oxygen atoms in total. The fourth-order valence-electron chi connectivity index (χ4n) is 1.72. The molecular weight excluding hydrogens is 207 g/mol. The summed E-state index contributed by atoms with van der Waals surface area (Å²) >= 11 is 0. The molecule has 0 amide bonds. The van der Waals surface area contributed by atoms with Gasteiger partial charge in [-0.05, 0) is 19.4 Å². The summed E-state index contributed by atoms with van der Waals surface area (Å²) in [5.74, 6) is -0.365. The zero-order chi connectivity index (χ0) is 12.0. The van der Waals surface area contributed by atoms with Crippen LogP contribution in [-0.2, 0) is 4.74 Å². The second-order valence-corrected chi connectivity index (χ2v) is 3.71. The van der Waals surface area contributed by atoms with E-state index >= 15 is 0 Å². The van der Waals surface area contributed by atoms with Crippen molar-refractivity contribution < 1.29 is 9.13 Å². The Morgan fingerprint density at radius 3 is 2.81 bits per heavy atom. The van der Waals surface area contributed by atoms with Crippen LogP contribution in [0.15, 0.2) is 18.5 Å². The molecule has 0 aliphatic carbocycles. The number of pyridine rings is 1. The van der Waals surface area contributed by atoms with E-state index in [-0.39, 0.29) is 11.9 Å². The Morgan fingerprint density at radius 2 is 2.25 bits per heavy atom. The maximum Gasteiger partial charge on any atom is 0.146 e. The summed E-state index contributed by atoms with van der Waals surface area (Å²) in [4.78, 5) is 3.71. The first-order valence-electron chi connectivity index (χ1n) is 5.67. The van der Waals surface area contributed by atoms with Gasteiger partial charge in [-0.2, -0.15) is 0 Å².